The van der Waals surface area contributed by atoms with Crippen molar-refractivity contribution in [2.45, 2.75) is 30.0 Å². The number of nitrogens with one attached hydrogen (secondary N) is 1. The van der Waals surface area contributed by atoms with Crippen molar-refractivity contribution < 1.29 is 40.6 Å². The Morgan fingerprint density at radius 2 is 2.00 bits per heavy atom. The zero-order valence-corrected chi connectivity index (χ0v) is 24.6. The number of carbonyl (C=O) groups is 1. The minimum atomic E-state index is -4.55. The molecule has 0 spiro atoms. The van der Waals surface area contributed by atoms with Gasteiger partial charge in [0.1, 0.15) is 28.8 Å². The van der Waals surface area contributed by atoms with Crippen LogP contribution in [0.15, 0.2) is 47.5 Å². The lowest BCUT2D eigenvalue weighted by Crippen LogP contribution is -2.30. The van der Waals surface area contributed by atoms with Crippen LogP contribution < -0.4 is 19.7 Å². The topological polar surface area (TPSA) is 120 Å². The Kier molecular flexibility index (Phi) is 7.99. The van der Waals surface area contributed by atoms with Gasteiger partial charge in [0.2, 0.25) is 15.3 Å². The van der Waals surface area contributed by atoms with Gasteiger partial charge in [0, 0.05) is 36.2 Å². The number of fused-ring (bicyclic) bond motifs is 3. The maximum Gasteiger partial charge on any atom is 0.251 e. The zero-order valence-electron chi connectivity index (χ0n) is 23.1. The second-order valence-electron chi connectivity index (χ2n) is 10.0. The lowest BCUT2D eigenvalue weighted by atomic mass is 10.1. The van der Waals surface area contributed by atoms with Gasteiger partial charge in [-0.1, -0.05) is 11.6 Å². The van der Waals surface area contributed by atoms with Crippen molar-refractivity contribution in [1.82, 2.24) is 15.3 Å². The average molecular weight is 649 g/mol. The molecular formula is C29H24ClF3N4O6S. The van der Waals surface area contributed by atoms with Gasteiger partial charge in [-0.15, -0.1) is 0 Å². The SMILES string of the molecule is COCc1cc2c(c(F)c1Cl)N(c1ccc3cnc(CNC(=O)c4cc(F)c5c(c4)S(=O)(=O)[C@@H](F)CCO5)cc3n1)CCO2. The number of anilines is 2. The molecule has 0 saturated carbocycles. The molecule has 2 aliphatic rings. The number of methoxy groups -OCH3 is 1. The summed E-state index contributed by atoms with van der Waals surface area (Å²) < 4.78 is 85.3. The fraction of sp³-hybridized carbons (Fsp3) is 0.276. The van der Waals surface area contributed by atoms with Crippen LogP contribution in [0.2, 0.25) is 5.02 Å². The van der Waals surface area contributed by atoms with E-state index in [9.17, 15) is 22.0 Å². The molecule has 4 heterocycles. The van der Waals surface area contributed by atoms with Crippen LogP contribution >= 0.6 is 11.6 Å². The molecule has 4 aromatic rings. The second kappa shape index (κ2) is 11.7. The fourth-order valence-electron chi connectivity index (χ4n) is 5.02. The van der Waals surface area contributed by atoms with Crippen LogP contribution in [0.5, 0.6) is 11.5 Å². The number of benzene rings is 2. The highest BCUT2D eigenvalue weighted by molar-refractivity contribution is 7.92. The third-order valence-electron chi connectivity index (χ3n) is 7.19. The molecule has 2 aromatic carbocycles. The van der Waals surface area contributed by atoms with E-state index in [1.165, 1.54) is 7.11 Å². The number of amides is 1. The highest BCUT2D eigenvalue weighted by Crippen LogP contribution is 2.43. The monoisotopic (exact) mass is 648 g/mol. The van der Waals surface area contributed by atoms with Crippen LogP contribution in [-0.2, 0) is 27.7 Å². The van der Waals surface area contributed by atoms with Crippen LogP contribution in [0.3, 0.4) is 0 Å². The number of carbonyl (C=O) groups excluding carboxylic acids is 1. The highest BCUT2D eigenvalue weighted by Gasteiger charge is 2.36. The van der Waals surface area contributed by atoms with E-state index in [2.05, 4.69) is 15.3 Å². The minimum Gasteiger partial charge on any atom is -0.489 e. The molecule has 0 saturated heterocycles. The molecule has 0 bridgehead atoms. The molecule has 1 amide bonds. The Labute approximate surface area is 254 Å². The van der Waals surface area contributed by atoms with E-state index in [1.54, 1.807) is 35.4 Å². The number of rotatable bonds is 6. The van der Waals surface area contributed by atoms with Crippen LogP contribution in [0, 0.1) is 11.6 Å². The van der Waals surface area contributed by atoms with Gasteiger partial charge in [-0.3, -0.25) is 9.78 Å². The van der Waals surface area contributed by atoms with Gasteiger partial charge in [0.05, 0.1) is 42.5 Å². The number of pyridine rings is 2. The standard InChI is InChI=1S/C29H24ClF3N4O6S/c1-41-14-17-9-21-27(26(33)25(17)30)37(5-7-42-21)24-3-2-15-12-34-18(11-20(15)36-24)13-35-29(38)16-8-19(31)28-22(10-16)44(39,40)23(32)4-6-43-28/h2-3,8-12,23H,4-7,13-14H2,1H3,(H,35,38)/t23-/m1/s1. The quantitative estimate of drug-likeness (QED) is 0.307. The first-order valence-electron chi connectivity index (χ1n) is 13.4. The third kappa shape index (κ3) is 5.37. The molecule has 230 valence electrons. The maximum atomic E-state index is 15.4. The van der Waals surface area contributed by atoms with Crippen LogP contribution in [-0.4, -0.2) is 56.7 Å². The molecule has 0 unspecified atom stereocenters. The third-order valence-corrected chi connectivity index (χ3v) is 9.43. The summed E-state index contributed by atoms with van der Waals surface area (Å²) in [6.07, 6.45) is 1.08. The first-order valence-corrected chi connectivity index (χ1v) is 15.3. The number of halogens is 4. The summed E-state index contributed by atoms with van der Waals surface area (Å²) >= 11 is 6.28. The Morgan fingerprint density at radius 3 is 2.80 bits per heavy atom. The number of ether oxygens (including phenoxy) is 3. The van der Waals surface area contributed by atoms with Gasteiger partial charge in [-0.2, -0.15) is 0 Å². The first kappa shape index (κ1) is 29.9. The van der Waals surface area contributed by atoms with E-state index in [0.29, 0.717) is 40.3 Å². The molecule has 1 N–H and O–H groups in total. The smallest absolute Gasteiger partial charge is 0.251 e. The van der Waals surface area contributed by atoms with E-state index in [1.807, 2.05) is 0 Å². The van der Waals surface area contributed by atoms with E-state index in [4.69, 9.17) is 25.8 Å². The summed E-state index contributed by atoms with van der Waals surface area (Å²) in [6, 6.07) is 8.45. The van der Waals surface area contributed by atoms with Crippen molar-refractivity contribution in [3.05, 3.63) is 76.1 Å². The lowest BCUT2D eigenvalue weighted by molar-refractivity contribution is 0.0949. The number of nitrogens with zero attached hydrogens (tertiary/aromatic N) is 3. The average Bonchev–Trinajstić information content (AvgIpc) is 3.13. The van der Waals surface area contributed by atoms with Gasteiger partial charge in [0.15, 0.2) is 17.4 Å². The molecule has 10 nitrogen and oxygen atoms in total. The summed E-state index contributed by atoms with van der Waals surface area (Å²) in [7, 11) is -3.07. The van der Waals surface area contributed by atoms with Gasteiger partial charge in [-0.25, -0.2) is 26.6 Å². The molecule has 0 fully saturated rings. The number of aromatic nitrogens is 2. The summed E-state index contributed by atoms with van der Waals surface area (Å²) in [4.78, 5) is 22.8. The maximum absolute atomic E-state index is 15.4. The molecular weight excluding hydrogens is 625 g/mol. The van der Waals surface area contributed by atoms with Crippen molar-refractivity contribution in [1.29, 1.82) is 0 Å². The number of sulfone groups is 1. The van der Waals surface area contributed by atoms with Gasteiger partial charge in [-0.05, 0) is 36.4 Å². The largest absolute Gasteiger partial charge is 0.489 e. The second-order valence-corrected chi connectivity index (χ2v) is 12.5. The van der Waals surface area contributed by atoms with Crippen molar-refractivity contribution in [2.75, 3.05) is 31.8 Å². The first-order chi connectivity index (χ1) is 21.1. The van der Waals surface area contributed by atoms with Gasteiger partial charge in [0.25, 0.3) is 5.91 Å². The number of alkyl halides is 1. The lowest BCUT2D eigenvalue weighted by Gasteiger charge is -2.31. The van der Waals surface area contributed by atoms with Crippen molar-refractivity contribution in [3.63, 3.8) is 0 Å². The van der Waals surface area contributed by atoms with E-state index >= 15 is 4.39 Å². The highest BCUT2D eigenvalue weighted by atomic mass is 35.5. The van der Waals surface area contributed by atoms with Crippen molar-refractivity contribution in [3.8, 4) is 11.5 Å². The predicted octanol–water partition coefficient (Wildman–Crippen LogP) is 5.02. The molecule has 15 heteroatoms. The Hall–Kier alpha value is -4.14. The van der Waals surface area contributed by atoms with Crippen LogP contribution in [0.25, 0.3) is 10.9 Å². The number of hydrogen-bond acceptors (Lipinski definition) is 9. The molecule has 1 atom stereocenters. The predicted molar refractivity (Wildman–Crippen MR) is 154 cm³/mol. The number of hydrogen-bond donors (Lipinski definition) is 1. The molecule has 2 aliphatic heterocycles. The Morgan fingerprint density at radius 1 is 1.18 bits per heavy atom. The minimum absolute atomic E-state index is 0.0758. The van der Waals surface area contributed by atoms with Crippen LogP contribution in [0.4, 0.5) is 24.7 Å². The Balaban J connectivity index is 1.25. The van der Waals surface area contributed by atoms with E-state index < -0.39 is 49.9 Å². The van der Waals surface area contributed by atoms with E-state index in [0.717, 1.165) is 12.1 Å². The molecule has 2 aromatic heterocycles. The summed E-state index contributed by atoms with van der Waals surface area (Å²) in [6.45, 7) is 0.241. The summed E-state index contributed by atoms with van der Waals surface area (Å²) in [5, 5.41) is 3.16. The normalized spacial score (nSPS) is 17.2. The van der Waals surface area contributed by atoms with Gasteiger partial charge < -0.3 is 24.4 Å². The molecule has 0 radical (unpaired) electrons. The fourth-order valence-corrected chi connectivity index (χ4v) is 6.60. The zero-order chi connectivity index (χ0) is 31.2. The van der Waals surface area contributed by atoms with Crippen molar-refractivity contribution >= 4 is 49.8 Å². The Bertz CT molecular complexity index is 1910. The molecule has 6 rings (SSSR count). The molecule has 44 heavy (non-hydrogen) atoms. The summed E-state index contributed by atoms with van der Waals surface area (Å²) in [5.74, 6) is -2.45. The van der Waals surface area contributed by atoms with Crippen LogP contribution in [0.1, 0.15) is 28.0 Å². The van der Waals surface area contributed by atoms with Gasteiger partial charge >= 0.3 is 0 Å². The van der Waals surface area contributed by atoms with E-state index in [-0.39, 0.29) is 42.6 Å². The summed E-state index contributed by atoms with van der Waals surface area (Å²) in [5.41, 5.74) is -1.14. The van der Waals surface area contributed by atoms with Crippen molar-refractivity contribution in [2.24, 2.45) is 0 Å². The molecule has 0 aliphatic carbocycles.